The molecule has 3 rings (SSSR count). The quantitative estimate of drug-likeness (QED) is 0.764. The standard InChI is InChI=1S/C20H21N3O4/c1-3-20(15-8-10-16(27-2)11-9-15)18(25)23(19(26)22-20)12-13-4-6-14(7-5-13)17(21)24/h4-11H,3,12H2,1-2H3,(H2,21,24)(H,22,26)/t20-/m1/s1. The number of urea groups is 1. The minimum atomic E-state index is -1.10. The second-order valence-electron chi connectivity index (χ2n) is 6.37. The molecule has 0 bridgehead atoms. The number of hydrogen-bond donors (Lipinski definition) is 2. The lowest BCUT2D eigenvalue weighted by Crippen LogP contribution is -2.43. The zero-order chi connectivity index (χ0) is 19.6. The first-order valence-electron chi connectivity index (χ1n) is 8.58. The van der Waals surface area contributed by atoms with Crippen molar-refractivity contribution >= 4 is 17.8 Å². The predicted molar refractivity (Wildman–Crippen MR) is 99.0 cm³/mol. The Balaban J connectivity index is 1.87. The summed E-state index contributed by atoms with van der Waals surface area (Å²) in [7, 11) is 1.57. The van der Waals surface area contributed by atoms with Gasteiger partial charge in [0.1, 0.15) is 11.3 Å². The second kappa shape index (κ2) is 7.11. The Labute approximate surface area is 157 Å². The zero-order valence-corrected chi connectivity index (χ0v) is 15.2. The van der Waals surface area contributed by atoms with E-state index in [4.69, 9.17) is 10.5 Å². The summed E-state index contributed by atoms with van der Waals surface area (Å²) in [6.07, 6.45) is 0.418. The number of imide groups is 1. The van der Waals surface area contributed by atoms with Gasteiger partial charge in [-0.05, 0) is 41.8 Å². The van der Waals surface area contributed by atoms with Crippen LogP contribution in [0.3, 0.4) is 0 Å². The molecule has 2 aromatic rings. The summed E-state index contributed by atoms with van der Waals surface area (Å²) in [5.41, 5.74) is 5.94. The fourth-order valence-corrected chi connectivity index (χ4v) is 3.24. The molecule has 0 unspecified atom stereocenters. The average Bonchev–Trinajstić information content (AvgIpc) is 2.93. The zero-order valence-electron chi connectivity index (χ0n) is 15.2. The molecule has 0 saturated carbocycles. The molecule has 1 aliphatic heterocycles. The maximum Gasteiger partial charge on any atom is 0.325 e. The van der Waals surface area contributed by atoms with E-state index >= 15 is 0 Å². The molecule has 140 valence electrons. The van der Waals surface area contributed by atoms with Crippen LogP contribution in [-0.2, 0) is 16.9 Å². The number of carbonyl (C=O) groups excluding carboxylic acids is 3. The van der Waals surface area contributed by atoms with Crippen molar-refractivity contribution in [3.05, 3.63) is 65.2 Å². The van der Waals surface area contributed by atoms with Gasteiger partial charge in [0.25, 0.3) is 5.91 Å². The first-order valence-corrected chi connectivity index (χ1v) is 8.58. The van der Waals surface area contributed by atoms with Gasteiger partial charge in [-0.2, -0.15) is 0 Å². The Hall–Kier alpha value is -3.35. The van der Waals surface area contributed by atoms with E-state index in [2.05, 4.69) is 5.32 Å². The number of primary amides is 1. The highest BCUT2D eigenvalue weighted by atomic mass is 16.5. The fourth-order valence-electron chi connectivity index (χ4n) is 3.24. The van der Waals surface area contributed by atoms with Crippen molar-refractivity contribution in [1.29, 1.82) is 0 Å². The van der Waals surface area contributed by atoms with E-state index in [1.807, 2.05) is 6.92 Å². The number of amides is 4. The molecule has 2 aromatic carbocycles. The lowest BCUT2D eigenvalue weighted by atomic mass is 9.87. The Kier molecular flexibility index (Phi) is 4.85. The molecule has 4 amide bonds. The Morgan fingerprint density at radius 2 is 1.74 bits per heavy atom. The molecule has 1 heterocycles. The summed E-state index contributed by atoms with van der Waals surface area (Å²) in [4.78, 5) is 38.0. The first-order chi connectivity index (χ1) is 12.9. The topological polar surface area (TPSA) is 102 Å². The van der Waals surface area contributed by atoms with E-state index in [1.165, 1.54) is 4.90 Å². The van der Waals surface area contributed by atoms with Gasteiger partial charge in [0, 0.05) is 5.56 Å². The van der Waals surface area contributed by atoms with Crippen LogP contribution in [0.1, 0.15) is 34.8 Å². The van der Waals surface area contributed by atoms with E-state index in [9.17, 15) is 14.4 Å². The SMILES string of the molecule is CC[C@]1(c2ccc(OC)cc2)NC(=O)N(Cc2ccc(C(N)=O)cc2)C1=O. The van der Waals surface area contributed by atoms with Crippen molar-refractivity contribution in [3.63, 3.8) is 0 Å². The maximum absolute atomic E-state index is 13.1. The maximum atomic E-state index is 13.1. The lowest BCUT2D eigenvalue weighted by molar-refractivity contribution is -0.132. The molecule has 1 saturated heterocycles. The molecular weight excluding hydrogens is 346 g/mol. The third-order valence-corrected chi connectivity index (χ3v) is 4.87. The van der Waals surface area contributed by atoms with Gasteiger partial charge < -0.3 is 15.8 Å². The van der Waals surface area contributed by atoms with Crippen LogP contribution >= 0.6 is 0 Å². The summed E-state index contributed by atoms with van der Waals surface area (Å²) in [6, 6.07) is 13.2. The highest BCUT2D eigenvalue weighted by molar-refractivity contribution is 6.07. The van der Waals surface area contributed by atoms with Crippen molar-refractivity contribution in [2.24, 2.45) is 5.73 Å². The van der Waals surface area contributed by atoms with Crippen LogP contribution in [0.25, 0.3) is 0 Å². The molecule has 3 N–H and O–H groups in total. The van der Waals surface area contributed by atoms with Crippen molar-refractivity contribution in [2.75, 3.05) is 7.11 Å². The van der Waals surface area contributed by atoms with Crippen LogP contribution in [0.2, 0.25) is 0 Å². The summed E-state index contributed by atoms with van der Waals surface area (Å²) in [6.45, 7) is 1.97. The Morgan fingerprint density at radius 3 is 2.26 bits per heavy atom. The van der Waals surface area contributed by atoms with Crippen molar-refractivity contribution in [2.45, 2.75) is 25.4 Å². The van der Waals surface area contributed by atoms with Gasteiger partial charge in [-0.25, -0.2) is 4.79 Å². The molecule has 1 fully saturated rings. The molecule has 0 aliphatic carbocycles. The summed E-state index contributed by atoms with van der Waals surface area (Å²) in [5.74, 6) is -0.159. The van der Waals surface area contributed by atoms with Crippen LogP contribution in [0, 0.1) is 0 Å². The van der Waals surface area contributed by atoms with Crippen molar-refractivity contribution in [3.8, 4) is 5.75 Å². The number of nitrogens with zero attached hydrogens (tertiary/aromatic N) is 1. The van der Waals surface area contributed by atoms with Crippen LogP contribution in [-0.4, -0.2) is 29.9 Å². The minimum Gasteiger partial charge on any atom is -0.497 e. The number of ether oxygens (including phenoxy) is 1. The van der Waals surface area contributed by atoms with Crippen LogP contribution in [0.15, 0.2) is 48.5 Å². The Morgan fingerprint density at radius 1 is 1.11 bits per heavy atom. The monoisotopic (exact) mass is 367 g/mol. The number of hydrogen-bond acceptors (Lipinski definition) is 4. The normalized spacial score (nSPS) is 19.1. The second-order valence-corrected chi connectivity index (χ2v) is 6.37. The third-order valence-electron chi connectivity index (χ3n) is 4.87. The largest absolute Gasteiger partial charge is 0.497 e. The molecule has 1 aliphatic rings. The van der Waals surface area contributed by atoms with Gasteiger partial charge in [0.15, 0.2) is 0 Å². The summed E-state index contributed by atoms with van der Waals surface area (Å²) >= 11 is 0. The third kappa shape index (κ3) is 3.23. The molecule has 27 heavy (non-hydrogen) atoms. The average molecular weight is 367 g/mol. The van der Waals surface area contributed by atoms with E-state index in [0.29, 0.717) is 23.3 Å². The van der Waals surface area contributed by atoms with Gasteiger partial charge >= 0.3 is 6.03 Å². The smallest absolute Gasteiger partial charge is 0.325 e. The van der Waals surface area contributed by atoms with Crippen molar-refractivity contribution in [1.82, 2.24) is 10.2 Å². The molecule has 1 atom stereocenters. The number of methoxy groups -OCH3 is 1. The van der Waals surface area contributed by atoms with E-state index in [-0.39, 0.29) is 12.5 Å². The van der Waals surface area contributed by atoms with Gasteiger partial charge in [-0.15, -0.1) is 0 Å². The molecule has 0 spiro atoms. The minimum absolute atomic E-state index is 0.113. The number of nitrogens with two attached hydrogens (primary N) is 1. The number of carbonyl (C=O) groups is 3. The van der Waals surface area contributed by atoms with E-state index in [0.717, 1.165) is 5.56 Å². The number of benzene rings is 2. The highest BCUT2D eigenvalue weighted by Gasteiger charge is 2.51. The number of nitrogens with one attached hydrogen (secondary N) is 1. The predicted octanol–water partition coefficient (Wildman–Crippen LogP) is 2.15. The molecule has 7 heteroatoms. The van der Waals surface area contributed by atoms with Crippen LogP contribution in [0.4, 0.5) is 4.79 Å². The van der Waals surface area contributed by atoms with Crippen LogP contribution in [0.5, 0.6) is 5.75 Å². The van der Waals surface area contributed by atoms with Gasteiger partial charge in [-0.3, -0.25) is 14.5 Å². The molecular formula is C20H21N3O4. The molecule has 0 radical (unpaired) electrons. The lowest BCUT2D eigenvalue weighted by Gasteiger charge is -2.26. The highest BCUT2D eigenvalue weighted by Crippen LogP contribution is 2.34. The first kappa shape index (κ1) is 18.4. The molecule has 7 nitrogen and oxygen atoms in total. The summed E-state index contributed by atoms with van der Waals surface area (Å²) in [5, 5.41) is 2.84. The van der Waals surface area contributed by atoms with E-state index < -0.39 is 17.5 Å². The van der Waals surface area contributed by atoms with Gasteiger partial charge in [0.2, 0.25) is 5.91 Å². The van der Waals surface area contributed by atoms with Crippen molar-refractivity contribution < 1.29 is 19.1 Å². The fraction of sp³-hybridized carbons (Fsp3) is 0.250. The Bertz CT molecular complexity index is 877. The van der Waals surface area contributed by atoms with E-state index in [1.54, 1.807) is 55.6 Å². The van der Waals surface area contributed by atoms with Gasteiger partial charge in [0.05, 0.1) is 13.7 Å². The number of rotatable bonds is 6. The van der Waals surface area contributed by atoms with Gasteiger partial charge in [-0.1, -0.05) is 31.2 Å². The van der Waals surface area contributed by atoms with Crippen LogP contribution < -0.4 is 15.8 Å². The molecule has 0 aromatic heterocycles. The summed E-state index contributed by atoms with van der Waals surface area (Å²) < 4.78 is 5.16.